The number of primary amides is 1. The molecule has 0 unspecified atom stereocenters. The van der Waals surface area contributed by atoms with Gasteiger partial charge in [0.1, 0.15) is 0 Å². The first kappa shape index (κ1) is 13.5. The predicted octanol–water partition coefficient (Wildman–Crippen LogP) is 0.753. The third-order valence-electron chi connectivity index (χ3n) is 2.80. The summed E-state index contributed by atoms with van der Waals surface area (Å²) < 4.78 is 0. The maximum atomic E-state index is 12.0. The van der Waals surface area contributed by atoms with E-state index in [0.29, 0.717) is 10.8 Å². The van der Waals surface area contributed by atoms with E-state index in [4.69, 9.17) is 5.73 Å². The van der Waals surface area contributed by atoms with Crippen molar-refractivity contribution in [1.29, 1.82) is 0 Å². The van der Waals surface area contributed by atoms with Crippen molar-refractivity contribution in [2.24, 2.45) is 5.73 Å². The minimum atomic E-state index is -1.12. The first-order chi connectivity index (χ1) is 9.50. The highest BCUT2D eigenvalue weighted by molar-refractivity contribution is 6.14. The van der Waals surface area contributed by atoms with E-state index in [-0.39, 0.29) is 17.7 Å². The number of amides is 2. The fourth-order valence-electron chi connectivity index (χ4n) is 1.97. The van der Waals surface area contributed by atoms with Crippen LogP contribution in [0.2, 0.25) is 0 Å². The van der Waals surface area contributed by atoms with Crippen LogP contribution in [0.1, 0.15) is 20.7 Å². The Kier molecular flexibility index (Phi) is 3.65. The Labute approximate surface area is 114 Å². The highest BCUT2D eigenvalue weighted by Crippen LogP contribution is 2.23. The number of carboxylic acids is 1. The summed E-state index contributed by atoms with van der Waals surface area (Å²) >= 11 is 0. The van der Waals surface area contributed by atoms with Crippen molar-refractivity contribution in [2.45, 2.75) is 0 Å². The lowest BCUT2D eigenvalue weighted by Crippen LogP contribution is -2.33. The van der Waals surface area contributed by atoms with Crippen molar-refractivity contribution in [3.05, 3.63) is 47.5 Å². The average molecular weight is 272 g/mol. The molecule has 0 bridgehead atoms. The highest BCUT2D eigenvalue weighted by Gasteiger charge is 2.16. The molecule has 6 heteroatoms. The Morgan fingerprint density at radius 1 is 1.05 bits per heavy atom. The summed E-state index contributed by atoms with van der Waals surface area (Å²) in [5.74, 6) is -2.33. The monoisotopic (exact) mass is 272 g/mol. The van der Waals surface area contributed by atoms with Crippen LogP contribution in [-0.4, -0.2) is 29.4 Å². The first-order valence-electron chi connectivity index (χ1n) is 5.82. The van der Waals surface area contributed by atoms with Crippen molar-refractivity contribution in [1.82, 2.24) is 5.32 Å². The second-order valence-corrected chi connectivity index (χ2v) is 4.16. The Morgan fingerprint density at radius 2 is 1.65 bits per heavy atom. The van der Waals surface area contributed by atoms with Gasteiger partial charge in [-0.2, -0.15) is 0 Å². The van der Waals surface area contributed by atoms with Crippen molar-refractivity contribution in [3.8, 4) is 0 Å². The zero-order valence-electron chi connectivity index (χ0n) is 10.4. The van der Waals surface area contributed by atoms with Crippen LogP contribution >= 0.6 is 0 Å². The molecule has 0 fully saturated rings. The molecule has 0 saturated heterocycles. The molecule has 0 aliphatic rings. The maximum Gasteiger partial charge on any atom is 0.336 e. The third kappa shape index (κ3) is 2.59. The molecule has 2 rings (SSSR count). The lowest BCUT2D eigenvalue weighted by Gasteiger charge is -2.09. The summed E-state index contributed by atoms with van der Waals surface area (Å²) in [4.78, 5) is 34.0. The summed E-state index contributed by atoms with van der Waals surface area (Å²) in [6.07, 6.45) is 0. The molecule has 0 radical (unpaired) electrons. The van der Waals surface area contributed by atoms with Gasteiger partial charge in [-0.1, -0.05) is 24.3 Å². The van der Waals surface area contributed by atoms with Crippen LogP contribution in [0.15, 0.2) is 36.4 Å². The highest BCUT2D eigenvalue weighted by atomic mass is 16.4. The lowest BCUT2D eigenvalue weighted by atomic mass is 9.98. The molecule has 0 aliphatic heterocycles. The number of benzene rings is 2. The molecule has 2 amide bonds. The maximum absolute atomic E-state index is 12.0. The number of rotatable bonds is 4. The van der Waals surface area contributed by atoms with E-state index >= 15 is 0 Å². The van der Waals surface area contributed by atoms with Gasteiger partial charge in [-0.05, 0) is 17.5 Å². The van der Waals surface area contributed by atoms with Gasteiger partial charge in [0.15, 0.2) is 0 Å². The van der Waals surface area contributed by atoms with E-state index in [1.165, 1.54) is 12.1 Å². The number of carbonyl (C=O) groups excluding carboxylic acids is 2. The van der Waals surface area contributed by atoms with E-state index in [9.17, 15) is 19.5 Å². The fourth-order valence-corrected chi connectivity index (χ4v) is 1.97. The second kappa shape index (κ2) is 5.40. The van der Waals surface area contributed by atoms with Crippen LogP contribution in [0.25, 0.3) is 10.8 Å². The Hall–Kier alpha value is -2.89. The smallest absolute Gasteiger partial charge is 0.336 e. The third-order valence-corrected chi connectivity index (χ3v) is 2.80. The van der Waals surface area contributed by atoms with Crippen LogP contribution in [0, 0.1) is 0 Å². The van der Waals surface area contributed by atoms with E-state index in [2.05, 4.69) is 5.32 Å². The summed E-state index contributed by atoms with van der Waals surface area (Å²) in [7, 11) is 0. The van der Waals surface area contributed by atoms with E-state index in [1.54, 1.807) is 24.3 Å². The topological polar surface area (TPSA) is 109 Å². The molecule has 102 valence electrons. The van der Waals surface area contributed by atoms with Gasteiger partial charge in [-0.15, -0.1) is 0 Å². The molecule has 0 heterocycles. The van der Waals surface area contributed by atoms with Crippen molar-refractivity contribution in [3.63, 3.8) is 0 Å². The number of fused-ring (bicyclic) bond motifs is 1. The van der Waals surface area contributed by atoms with Gasteiger partial charge in [0, 0.05) is 10.9 Å². The molecular formula is C14H12N2O4. The number of carbonyl (C=O) groups is 3. The fraction of sp³-hybridized carbons (Fsp3) is 0.0714. The van der Waals surface area contributed by atoms with E-state index in [0.717, 1.165) is 0 Å². The molecule has 6 nitrogen and oxygen atoms in total. The number of hydrogen-bond donors (Lipinski definition) is 3. The quantitative estimate of drug-likeness (QED) is 0.762. The van der Waals surface area contributed by atoms with Gasteiger partial charge in [-0.3, -0.25) is 9.59 Å². The summed E-state index contributed by atoms with van der Waals surface area (Å²) in [5, 5.41) is 12.5. The van der Waals surface area contributed by atoms with Gasteiger partial charge in [0.25, 0.3) is 5.91 Å². The van der Waals surface area contributed by atoms with Crippen molar-refractivity contribution >= 4 is 28.6 Å². The molecule has 4 N–H and O–H groups in total. The molecule has 0 atom stereocenters. The molecule has 2 aromatic rings. The molecule has 20 heavy (non-hydrogen) atoms. The molecule has 2 aromatic carbocycles. The molecule has 0 aliphatic carbocycles. The Morgan fingerprint density at radius 3 is 2.20 bits per heavy atom. The van der Waals surface area contributed by atoms with Gasteiger partial charge < -0.3 is 16.2 Å². The molecule has 0 saturated carbocycles. The standard InChI is InChI=1S/C14H12N2O4/c15-11(17)7-16-13(18)9-5-1-3-8-4-2-6-10(12(8)9)14(19)20/h1-6H,7H2,(H2,15,17)(H,16,18)(H,19,20). The SMILES string of the molecule is NC(=O)CNC(=O)c1cccc2cccc(C(=O)O)c12. The van der Waals surface area contributed by atoms with Crippen LogP contribution in [0.4, 0.5) is 0 Å². The number of carboxylic acid groups (broad SMARTS) is 1. The van der Waals surface area contributed by atoms with Crippen LogP contribution < -0.4 is 11.1 Å². The minimum Gasteiger partial charge on any atom is -0.478 e. The normalized spacial score (nSPS) is 10.2. The molecular weight excluding hydrogens is 260 g/mol. The van der Waals surface area contributed by atoms with Crippen LogP contribution in [0.3, 0.4) is 0 Å². The van der Waals surface area contributed by atoms with Crippen LogP contribution in [-0.2, 0) is 4.79 Å². The number of hydrogen-bond acceptors (Lipinski definition) is 3. The van der Waals surface area contributed by atoms with Gasteiger partial charge in [0.2, 0.25) is 5.91 Å². The largest absolute Gasteiger partial charge is 0.478 e. The number of aromatic carboxylic acids is 1. The minimum absolute atomic E-state index is 0.0346. The lowest BCUT2D eigenvalue weighted by molar-refractivity contribution is -0.117. The summed E-state index contributed by atoms with van der Waals surface area (Å²) in [6.45, 7) is -0.301. The predicted molar refractivity (Wildman–Crippen MR) is 72.4 cm³/mol. The first-order valence-corrected chi connectivity index (χ1v) is 5.82. The van der Waals surface area contributed by atoms with Gasteiger partial charge >= 0.3 is 5.97 Å². The molecule has 0 spiro atoms. The Bertz CT molecular complexity index is 704. The molecule has 0 aromatic heterocycles. The average Bonchev–Trinajstić information content (AvgIpc) is 2.43. The van der Waals surface area contributed by atoms with Gasteiger partial charge in [-0.25, -0.2) is 4.79 Å². The van der Waals surface area contributed by atoms with Gasteiger partial charge in [0.05, 0.1) is 12.1 Å². The van der Waals surface area contributed by atoms with Crippen molar-refractivity contribution < 1.29 is 19.5 Å². The zero-order valence-corrected chi connectivity index (χ0v) is 10.4. The van der Waals surface area contributed by atoms with Crippen LogP contribution in [0.5, 0.6) is 0 Å². The summed E-state index contributed by atoms with van der Waals surface area (Å²) in [6, 6.07) is 9.62. The zero-order chi connectivity index (χ0) is 14.7. The Balaban J connectivity index is 2.55. The van der Waals surface area contributed by atoms with E-state index < -0.39 is 17.8 Å². The van der Waals surface area contributed by atoms with E-state index in [1.807, 2.05) is 0 Å². The number of nitrogens with two attached hydrogens (primary N) is 1. The number of nitrogens with one attached hydrogen (secondary N) is 1. The van der Waals surface area contributed by atoms with Crippen molar-refractivity contribution in [2.75, 3.05) is 6.54 Å². The second-order valence-electron chi connectivity index (χ2n) is 4.16. The summed E-state index contributed by atoms with van der Waals surface area (Å²) in [5.41, 5.74) is 5.19.